The number of carbonyl (C=O) groups is 1. The van der Waals surface area contributed by atoms with E-state index in [0.29, 0.717) is 5.69 Å². The molecular formula is C24H21N3O2. The van der Waals surface area contributed by atoms with Gasteiger partial charge in [0.05, 0.1) is 5.71 Å². The van der Waals surface area contributed by atoms with E-state index in [0.717, 1.165) is 57.3 Å². The number of nitrogens with zero attached hydrogens (tertiary/aromatic N) is 1. The molecule has 1 fully saturated rings. The second-order valence-electron chi connectivity index (χ2n) is 7.42. The van der Waals surface area contributed by atoms with E-state index in [1.165, 1.54) is 0 Å². The maximum atomic E-state index is 12.2. The fourth-order valence-electron chi connectivity index (χ4n) is 3.75. The van der Waals surface area contributed by atoms with Crippen molar-refractivity contribution in [3.63, 3.8) is 0 Å². The van der Waals surface area contributed by atoms with Crippen molar-refractivity contribution in [2.75, 3.05) is 18.1 Å². The van der Waals surface area contributed by atoms with Crippen LogP contribution in [0.15, 0.2) is 70.1 Å². The molecule has 0 radical (unpaired) electrons. The van der Waals surface area contributed by atoms with Gasteiger partial charge in [-0.25, -0.2) is 0 Å². The van der Waals surface area contributed by atoms with E-state index in [2.05, 4.69) is 16.4 Å². The number of para-hydroxylation sites is 2. The van der Waals surface area contributed by atoms with Gasteiger partial charge in [-0.3, -0.25) is 9.79 Å². The Morgan fingerprint density at radius 1 is 1.03 bits per heavy atom. The highest BCUT2D eigenvalue weighted by atomic mass is 16.3. The van der Waals surface area contributed by atoms with Gasteiger partial charge >= 0.3 is 0 Å². The fourth-order valence-corrected chi connectivity index (χ4v) is 3.75. The highest BCUT2D eigenvalue weighted by molar-refractivity contribution is 6.23. The van der Waals surface area contributed by atoms with Crippen LogP contribution in [0.3, 0.4) is 0 Å². The summed E-state index contributed by atoms with van der Waals surface area (Å²) in [4.78, 5) is 16.7. The first-order valence-electron chi connectivity index (χ1n) is 9.74. The molecule has 3 N–H and O–H groups in total. The molecule has 5 nitrogen and oxygen atoms in total. The van der Waals surface area contributed by atoms with Gasteiger partial charge in [-0.05, 0) is 43.2 Å². The number of furan rings is 1. The third kappa shape index (κ3) is 3.05. The van der Waals surface area contributed by atoms with Gasteiger partial charge in [-0.15, -0.1) is 0 Å². The Labute approximate surface area is 168 Å². The molecule has 29 heavy (non-hydrogen) atoms. The van der Waals surface area contributed by atoms with E-state index in [1.54, 1.807) is 7.05 Å². The number of nitrogens with two attached hydrogens (primary N) is 1. The van der Waals surface area contributed by atoms with Crippen LogP contribution >= 0.6 is 0 Å². The summed E-state index contributed by atoms with van der Waals surface area (Å²) >= 11 is 0. The van der Waals surface area contributed by atoms with E-state index in [-0.39, 0.29) is 11.8 Å². The monoisotopic (exact) mass is 383 g/mol. The molecule has 5 heteroatoms. The number of nitrogen functional groups attached to an aromatic ring is 1. The topological polar surface area (TPSA) is 80.6 Å². The lowest BCUT2D eigenvalue weighted by molar-refractivity contribution is -0.117. The van der Waals surface area contributed by atoms with Crippen molar-refractivity contribution in [2.24, 2.45) is 10.9 Å². The van der Waals surface area contributed by atoms with Crippen molar-refractivity contribution in [3.8, 4) is 0 Å². The smallest absolute Gasteiger partial charge is 0.227 e. The van der Waals surface area contributed by atoms with Gasteiger partial charge in [0, 0.05) is 46.2 Å². The molecule has 1 aromatic heterocycles. The number of fused-ring (bicyclic) bond motifs is 3. The van der Waals surface area contributed by atoms with E-state index in [9.17, 15) is 4.79 Å². The highest BCUT2D eigenvalue weighted by Gasteiger charge is 2.29. The van der Waals surface area contributed by atoms with Crippen molar-refractivity contribution >= 4 is 44.9 Å². The lowest BCUT2D eigenvalue weighted by Crippen LogP contribution is -2.14. The summed E-state index contributed by atoms with van der Waals surface area (Å²) in [7, 11) is 1.74. The molecule has 0 atom stereocenters. The summed E-state index contributed by atoms with van der Waals surface area (Å²) in [5.74, 6) is 0.203. The van der Waals surface area contributed by atoms with Gasteiger partial charge in [-0.2, -0.15) is 0 Å². The quantitative estimate of drug-likeness (QED) is 0.385. The lowest BCUT2D eigenvalue weighted by atomic mass is 9.98. The maximum absolute atomic E-state index is 12.2. The van der Waals surface area contributed by atoms with Crippen LogP contribution in [0.5, 0.6) is 0 Å². The first-order valence-corrected chi connectivity index (χ1v) is 9.74. The number of hydrogen-bond acceptors (Lipinski definition) is 4. The third-order valence-electron chi connectivity index (χ3n) is 5.41. The molecule has 0 bridgehead atoms. The second-order valence-corrected chi connectivity index (χ2v) is 7.42. The standard InChI is InChI=1S/C24H21N3O2/c1-26-22(19-13-15(11-12-20(19)25)27-24(28)14-9-10-14)18-7-4-6-17-16-5-2-3-8-21(16)29-23(17)18/h2-8,11-14H,9-10,25H2,1H3,(H,27,28). The summed E-state index contributed by atoms with van der Waals surface area (Å²) in [6.45, 7) is 0. The van der Waals surface area contributed by atoms with Crippen molar-refractivity contribution < 1.29 is 9.21 Å². The number of amides is 1. The minimum absolute atomic E-state index is 0.0649. The van der Waals surface area contributed by atoms with E-state index in [1.807, 2.05) is 54.6 Å². The van der Waals surface area contributed by atoms with Gasteiger partial charge in [0.1, 0.15) is 11.2 Å². The van der Waals surface area contributed by atoms with Gasteiger partial charge in [0.2, 0.25) is 5.91 Å². The molecule has 0 spiro atoms. The number of carbonyl (C=O) groups excluding carboxylic acids is 1. The first kappa shape index (κ1) is 17.5. The molecule has 1 saturated carbocycles. The predicted molar refractivity (Wildman–Crippen MR) is 117 cm³/mol. The van der Waals surface area contributed by atoms with Crippen LogP contribution in [0.2, 0.25) is 0 Å². The molecule has 0 unspecified atom stereocenters. The van der Waals surface area contributed by atoms with Crippen molar-refractivity contribution in [2.45, 2.75) is 12.8 Å². The Kier molecular flexibility index (Phi) is 4.09. The third-order valence-corrected chi connectivity index (χ3v) is 5.41. The summed E-state index contributed by atoms with van der Waals surface area (Å²) in [5.41, 5.74) is 11.6. The van der Waals surface area contributed by atoms with Gasteiger partial charge in [0.25, 0.3) is 0 Å². The molecule has 1 heterocycles. The minimum atomic E-state index is 0.0649. The molecule has 0 aliphatic heterocycles. The Morgan fingerprint density at radius 3 is 2.62 bits per heavy atom. The Hall–Kier alpha value is -3.60. The SMILES string of the molecule is CN=C(c1cc(NC(=O)C2CC2)ccc1N)c1cccc2c1oc1ccccc12. The van der Waals surface area contributed by atoms with E-state index in [4.69, 9.17) is 10.2 Å². The number of rotatable bonds is 4. The summed E-state index contributed by atoms with van der Waals surface area (Å²) in [6, 6.07) is 19.5. The van der Waals surface area contributed by atoms with Crippen molar-refractivity contribution in [1.82, 2.24) is 0 Å². The normalized spacial score (nSPS) is 14.4. The van der Waals surface area contributed by atoms with Crippen LogP contribution in [0.4, 0.5) is 11.4 Å². The molecule has 3 aromatic carbocycles. The number of benzene rings is 3. The first-order chi connectivity index (χ1) is 14.2. The van der Waals surface area contributed by atoms with Crippen molar-refractivity contribution in [1.29, 1.82) is 0 Å². The van der Waals surface area contributed by atoms with E-state index < -0.39 is 0 Å². The Balaban J connectivity index is 1.63. The molecule has 144 valence electrons. The number of hydrogen-bond donors (Lipinski definition) is 2. The second kappa shape index (κ2) is 6.78. The van der Waals surface area contributed by atoms with Crippen LogP contribution in [0.25, 0.3) is 21.9 Å². The van der Waals surface area contributed by atoms with Crippen LogP contribution in [-0.4, -0.2) is 18.7 Å². The summed E-state index contributed by atoms with van der Waals surface area (Å²) < 4.78 is 6.17. The van der Waals surface area contributed by atoms with Crippen LogP contribution in [0.1, 0.15) is 24.0 Å². The van der Waals surface area contributed by atoms with Crippen LogP contribution in [-0.2, 0) is 4.79 Å². The Bertz CT molecular complexity index is 1280. The molecule has 1 aliphatic carbocycles. The van der Waals surface area contributed by atoms with Crippen molar-refractivity contribution in [3.05, 3.63) is 71.8 Å². The molecule has 1 amide bonds. The fraction of sp³-hybridized carbons (Fsp3) is 0.167. The number of aliphatic imine (C=N–C) groups is 1. The highest BCUT2D eigenvalue weighted by Crippen LogP contribution is 2.34. The van der Waals surface area contributed by atoms with Crippen LogP contribution < -0.4 is 11.1 Å². The zero-order valence-corrected chi connectivity index (χ0v) is 16.1. The summed E-state index contributed by atoms with van der Waals surface area (Å²) in [6.07, 6.45) is 1.92. The zero-order valence-electron chi connectivity index (χ0n) is 16.1. The summed E-state index contributed by atoms with van der Waals surface area (Å²) in [5, 5.41) is 5.09. The maximum Gasteiger partial charge on any atom is 0.227 e. The van der Waals surface area contributed by atoms with Gasteiger partial charge < -0.3 is 15.5 Å². The zero-order chi connectivity index (χ0) is 20.0. The molecule has 5 rings (SSSR count). The molecular weight excluding hydrogens is 362 g/mol. The Morgan fingerprint density at radius 2 is 1.83 bits per heavy atom. The largest absolute Gasteiger partial charge is 0.455 e. The van der Waals surface area contributed by atoms with Crippen LogP contribution in [0, 0.1) is 5.92 Å². The molecule has 4 aromatic rings. The lowest BCUT2D eigenvalue weighted by Gasteiger charge is -2.13. The predicted octanol–water partition coefficient (Wildman–Crippen LogP) is 4.98. The van der Waals surface area contributed by atoms with Gasteiger partial charge in [0.15, 0.2) is 0 Å². The molecule has 0 saturated heterocycles. The number of nitrogens with one attached hydrogen (secondary N) is 1. The van der Waals surface area contributed by atoms with E-state index >= 15 is 0 Å². The number of anilines is 2. The van der Waals surface area contributed by atoms with Gasteiger partial charge in [-0.1, -0.05) is 30.3 Å². The average molecular weight is 383 g/mol. The molecule has 1 aliphatic rings. The minimum Gasteiger partial charge on any atom is -0.455 e. The average Bonchev–Trinajstić information content (AvgIpc) is 3.52.